The molecule has 1 saturated carbocycles. The lowest BCUT2D eigenvalue weighted by Crippen LogP contribution is -2.50. The number of fused-ring (bicyclic) bond motifs is 1. The monoisotopic (exact) mass is 363 g/mol. The molecule has 138 valence electrons. The summed E-state index contributed by atoms with van der Waals surface area (Å²) in [5.41, 5.74) is 1.73. The van der Waals surface area contributed by atoms with Crippen molar-refractivity contribution in [3.05, 3.63) is 42.9 Å². The Morgan fingerprint density at radius 2 is 2.19 bits per heavy atom. The van der Waals surface area contributed by atoms with E-state index in [9.17, 15) is 4.79 Å². The molecule has 0 bridgehead atoms. The lowest BCUT2D eigenvalue weighted by molar-refractivity contribution is -0.141. The van der Waals surface area contributed by atoms with Crippen LogP contribution in [-0.4, -0.2) is 56.6 Å². The largest absolute Gasteiger partial charge is 0.377 e. The van der Waals surface area contributed by atoms with Gasteiger partial charge in [-0.2, -0.15) is 0 Å². The molecule has 2 aromatic heterocycles. The highest BCUT2D eigenvalue weighted by atomic mass is 16.5. The first kappa shape index (κ1) is 16.4. The van der Waals surface area contributed by atoms with Crippen molar-refractivity contribution in [2.24, 2.45) is 5.92 Å². The van der Waals surface area contributed by atoms with E-state index in [1.54, 1.807) is 10.9 Å². The topological polar surface area (TPSA) is 73.1 Å². The van der Waals surface area contributed by atoms with Gasteiger partial charge in [-0.1, -0.05) is 23.4 Å². The molecule has 1 saturated heterocycles. The summed E-state index contributed by atoms with van der Waals surface area (Å²) in [5.74, 6) is 0.690. The van der Waals surface area contributed by atoms with Crippen LogP contribution in [0.3, 0.4) is 0 Å². The number of hydrogen-bond donors (Lipinski definition) is 0. The second-order valence-corrected chi connectivity index (χ2v) is 7.27. The first-order valence-corrected chi connectivity index (χ1v) is 9.40. The maximum absolute atomic E-state index is 12.8. The summed E-state index contributed by atoms with van der Waals surface area (Å²) >= 11 is 0. The summed E-state index contributed by atoms with van der Waals surface area (Å²) in [6.07, 6.45) is 7.84. The van der Waals surface area contributed by atoms with Crippen LogP contribution in [0.5, 0.6) is 0 Å². The Morgan fingerprint density at radius 1 is 1.26 bits per heavy atom. The van der Waals surface area contributed by atoms with Crippen molar-refractivity contribution in [1.29, 1.82) is 0 Å². The molecule has 0 spiro atoms. The minimum atomic E-state index is 0.0891. The van der Waals surface area contributed by atoms with E-state index in [0.717, 1.165) is 22.0 Å². The minimum absolute atomic E-state index is 0.0891. The van der Waals surface area contributed by atoms with E-state index in [4.69, 9.17) is 4.74 Å². The van der Waals surface area contributed by atoms with Crippen LogP contribution in [0.1, 0.15) is 12.8 Å². The summed E-state index contributed by atoms with van der Waals surface area (Å²) in [6, 6.07) is 8.24. The van der Waals surface area contributed by atoms with E-state index in [2.05, 4.69) is 15.3 Å². The Labute approximate surface area is 156 Å². The fraction of sp³-hybridized carbons (Fsp3) is 0.400. The molecule has 2 aliphatic rings. The lowest BCUT2D eigenvalue weighted by atomic mass is 10.1. The van der Waals surface area contributed by atoms with Crippen molar-refractivity contribution in [3.63, 3.8) is 0 Å². The normalized spacial score (nSPS) is 20.1. The van der Waals surface area contributed by atoms with Gasteiger partial charge in [0.05, 0.1) is 25.5 Å². The van der Waals surface area contributed by atoms with Gasteiger partial charge in [-0.05, 0) is 30.2 Å². The molecule has 3 aromatic rings. The summed E-state index contributed by atoms with van der Waals surface area (Å²) in [4.78, 5) is 19.0. The highest BCUT2D eigenvalue weighted by molar-refractivity contribution is 5.94. The van der Waals surface area contributed by atoms with Gasteiger partial charge >= 0.3 is 0 Å². The molecule has 1 aliphatic heterocycles. The third kappa shape index (κ3) is 3.19. The Morgan fingerprint density at radius 3 is 3.07 bits per heavy atom. The molecular formula is C20H21N5O2. The summed E-state index contributed by atoms with van der Waals surface area (Å²) in [5, 5.41) is 10.6. The van der Waals surface area contributed by atoms with Crippen LogP contribution in [-0.2, 0) is 16.1 Å². The molecule has 1 atom stereocenters. The maximum Gasteiger partial charge on any atom is 0.244 e. The van der Waals surface area contributed by atoms with E-state index in [1.165, 1.54) is 12.8 Å². The molecule has 3 heterocycles. The van der Waals surface area contributed by atoms with Crippen LogP contribution < -0.4 is 0 Å². The molecule has 2 fully saturated rings. The van der Waals surface area contributed by atoms with Gasteiger partial charge in [0.15, 0.2) is 0 Å². The molecule has 0 N–H and O–H groups in total. The SMILES string of the molecule is O=C(Cn1cc(-c2cccc3ccncc23)nn1)N1CCOCC1C1CC1. The Kier molecular flexibility index (Phi) is 4.09. The number of carbonyl (C=O) groups excluding carboxylic acids is 1. The Hall–Kier alpha value is -2.80. The molecule has 5 rings (SSSR count). The number of nitrogens with zero attached hydrogens (tertiary/aromatic N) is 5. The molecule has 0 radical (unpaired) electrons. The zero-order chi connectivity index (χ0) is 18.2. The molecule has 1 aromatic carbocycles. The van der Waals surface area contributed by atoms with Crippen molar-refractivity contribution >= 4 is 16.7 Å². The Bertz CT molecular complexity index is 976. The first-order chi connectivity index (χ1) is 13.3. The van der Waals surface area contributed by atoms with Gasteiger partial charge in [-0.15, -0.1) is 5.10 Å². The second kappa shape index (κ2) is 6.74. The highest BCUT2D eigenvalue weighted by Crippen LogP contribution is 2.36. The van der Waals surface area contributed by atoms with Crippen molar-refractivity contribution < 1.29 is 9.53 Å². The molecule has 7 nitrogen and oxygen atoms in total. The van der Waals surface area contributed by atoms with Crippen LogP contribution in [0.15, 0.2) is 42.9 Å². The van der Waals surface area contributed by atoms with E-state index in [0.29, 0.717) is 25.7 Å². The van der Waals surface area contributed by atoms with Crippen molar-refractivity contribution in [2.75, 3.05) is 19.8 Å². The van der Waals surface area contributed by atoms with Crippen LogP contribution in [0.25, 0.3) is 22.0 Å². The van der Waals surface area contributed by atoms with Gasteiger partial charge in [0.1, 0.15) is 12.2 Å². The average molecular weight is 363 g/mol. The van der Waals surface area contributed by atoms with E-state index >= 15 is 0 Å². The number of pyridine rings is 1. The van der Waals surface area contributed by atoms with E-state index in [-0.39, 0.29) is 18.5 Å². The summed E-state index contributed by atoms with van der Waals surface area (Å²) in [6.45, 7) is 2.14. The number of aromatic nitrogens is 4. The van der Waals surface area contributed by atoms with Crippen molar-refractivity contribution in [1.82, 2.24) is 24.9 Å². The average Bonchev–Trinajstić information content (AvgIpc) is 3.47. The van der Waals surface area contributed by atoms with Crippen molar-refractivity contribution in [2.45, 2.75) is 25.4 Å². The van der Waals surface area contributed by atoms with Crippen LogP contribution in [0.2, 0.25) is 0 Å². The molecule has 7 heteroatoms. The third-order valence-electron chi connectivity index (χ3n) is 5.45. The van der Waals surface area contributed by atoms with Crippen LogP contribution in [0, 0.1) is 5.92 Å². The summed E-state index contributed by atoms with van der Waals surface area (Å²) in [7, 11) is 0. The number of amides is 1. The van der Waals surface area contributed by atoms with E-state index in [1.807, 2.05) is 41.6 Å². The van der Waals surface area contributed by atoms with Gasteiger partial charge in [-0.3, -0.25) is 9.78 Å². The number of ether oxygens (including phenoxy) is 1. The number of morpholine rings is 1. The Balaban J connectivity index is 1.37. The fourth-order valence-electron chi connectivity index (χ4n) is 3.87. The zero-order valence-corrected chi connectivity index (χ0v) is 15.0. The number of rotatable bonds is 4. The molecule has 1 unspecified atom stereocenters. The molecule has 1 amide bonds. The smallest absolute Gasteiger partial charge is 0.244 e. The number of hydrogen-bond acceptors (Lipinski definition) is 5. The predicted octanol–water partition coefficient (Wildman–Crippen LogP) is 2.13. The first-order valence-electron chi connectivity index (χ1n) is 9.40. The fourth-order valence-corrected chi connectivity index (χ4v) is 3.87. The van der Waals surface area contributed by atoms with Crippen LogP contribution in [0.4, 0.5) is 0 Å². The van der Waals surface area contributed by atoms with Gasteiger partial charge < -0.3 is 9.64 Å². The predicted molar refractivity (Wildman–Crippen MR) is 99.8 cm³/mol. The highest BCUT2D eigenvalue weighted by Gasteiger charge is 2.39. The van der Waals surface area contributed by atoms with E-state index < -0.39 is 0 Å². The van der Waals surface area contributed by atoms with Gasteiger partial charge in [0.25, 0.3) is 0 Å². The molecule has 1 aliphatic carbocycles. The standard InChI is InChI=1S/C20H21N5O2/c26-20(25-8-9-27-13-19(25)15-4-5-15)12-24-11-18(22-23-24)16-3-1-2-14-6-7-21-10-17(14)16/h1-3,6-7,10-11,15,19H,4-5,8-9,12-13H2. The molecular weight excluding hydrogens is 342 g/mol. The quantitative estimate of drug-likeness (QED) is 0.710. The van der Waals surface area contributed by atoms with Crippen LogP contribution >= 0.6 is 0 Å². The summed E-state index contributed by atoms with van der Waals surface area (Å²) < 4.78 is 7.21. The van der Waals surface area contributed by atoms with Gasteiger partial charge in [0.2, 0.25) is 5.91 Å². The number of benzene rings is 1. The van der Waals surface area contributed by atoms with Gasteiger partial charge in [-0.25, -0.2) is 4.68 Å². The number of carbonyl (C=O) groups is 1. The zero-order valence-electron chi connectivity index (χ0n) is 15.0. The molecule has 27 heavy (non-hydrogen) atoms. The van der Waals surface area contributed by atoms with Gasteiger partial charge in [0, 0.05) is 29.9 Å². The maximum atomic E-state index is 12.8. The third-order valence-corrected chi connectivity index (χ3v) is 5.45. The lowest BCUT2D eigenvalue weighted by Gasteiger charge is -2.35. The minimum Gasteiger partial charge on any atom is -0.377 e. The van der Waals surface area contributed by atoms with Crippen molar-refractivity contribution in [3.8, 4) is 11.3 Å². The second-order valence-electron chi connectivity index (χ2n) is 7.27.